The third-order valence-corrected chi connectivity index (χ3v) is 7.26. The summed E-state index contributed by atoms with van der Waals surface area (Å²) in [5, 5.41) is 11.5. The molecule has 42 heavy (non-hydrogen) atoms. The van der Waals surface area contributed by atoms with Crippen LogP contribution >= 0.6 is 0 Å². The van der Waals surface area contributed by atoms with Crippen LogP contribution in [0.15, 0.2) is 109 Å². The third-order valence-electron chi connectivity index (χ3n) is 7.26. The number of para-hydroxylation sites is 1. The molecule has 1 saturated heterocycles. The molecule has 0 aromatic heterocycles. The minimum Gasteiger partial charge on any atom is -0.507 e. The van der Waals surface area contributed by atoms with Crippen LogP contribution in [0.3, 0.4) is 0 Å². The van der Waals surface area contributed by atoms with Gasteiger partial charge in [-0.3, -0.25) is 9.59 Å². The Bertz CT molecular complexity index is 1600. The van der Waals surface area contributed by atoms with Gasteiger partial charge in [-0.15, -0.1) is 0 Å². The van der Waals surface area contributed by atoms with Crippen molar-refractivity contribution in [3.8, 4) is 17.2 Å². The molecule has 0 radical (unpaired) electrons. The maximum atomic E-state index is 13.4. The molecule has 4 aromatic carbocycles. The first-order valence-electron chi connectivity index (χ1n) is 13.9. The van der Waals surface area contributed by atoms with E-state index in [1.807, 2.05) is 105 Å². The highest BCUT2D eigenvalue weighted by Gasteiger charge is 2.46. The van der Waals surface area contributed by atoms with E-state index >= 15 is 0 Å². The number of ether oxygens (including phenoxy) is 2. The van der Waals surface area contributed by atoms with Crippen LogP contribution in [0.1, 0.15) is 28.3 Å². The third kappa shape index (κ3) is 6.37. The van der Waals surface area contributed by atoms with E-state index in [-0.39, 0.29) is 11.3 Å². The quantitative estimate of drug-likeness (QED) is 0.138. The summed E-state index contributed by atoms with van der Waals surface area (Å²) in [4.78, 5) is 30.2. The first-order valence-corrected chi connectivity index (χ1v) is 13.9. The van der Waals surface area contributed by atoms with Crippen LogP contribution in [0, 0.1) is 6.92 Å². The van der Waals surface area contributed by atoms with Crippen LogP contribution in [0.5, 0.6) is 17.2 Å². The van der Waals surface area contributed by atoms with Crippen molar-refractivity contribution in [2.75, 3.05) is 27.2 Å². The molecule has 1 N–H and O–H groups in total. The summed E-state index contributed by atoms with van der Waals surface area (Å²) in [6, 6.07) is 30.8. The van der Waals surface area contributed by atoms with Crippen molar-refractivity contribution in [3.63, 3.8) is 0 Å². The summed E-state index contributed by atoms with van der Waals surface area (Å²) in [6.07, 6.45) is 0. The monoisotopic (exact) mass is 562 g/mol. The van der Waals surface area contributed by atoms with E-state index in [2.05, 4.69) is 0 Å². The summed E-state index contributed by atoms with van der Waals surface area (Å²) >= 11 is 0. The summed E-state index contributed by atoms with van der Waals surface area (Å²) in [6.45, 7) is 3.31. The summed E-state index contributed by atoms with van der Waals surface area (Å²) in [5.74, 6) is 0.267. The number of aliphatic hydroxyl groups excluding tert-OH is 1. The van der Waals surface area contributed by atoms with Crippen molar-refractivity contribution >= 4 is 17.4 Å². The van der Waals surface area contributed by atoms with Crippen LogP contribution < -0.4 is 9.47 Å². The molecule has 7 heteroatoms. The molecule has 7 nitrogen and oxygen atoms in total. The van der Waals surface area contributed by atoms with Crippen molar-refractivity contribution in [2.45, 2.75) is 19.6 Å². The molecule has 5 rings (SSSR count). The zero-order chi connectivity index (χ0) is 29.6. The Balaban J connectivity index is 1.47. The molecular weight excluding hydrogens is 528 g/mol. The average molecular weight is 563 g/mol. The summed E-state index contributed by atoms with van der Waals surface area (Å²) < 4.78 is 12.0. The lowest BCUT2D eigenvalue weighted by Gasteiger charge is -2.27. The van der Waals surface area contributed by atoms with Gasteiger partial charge in [0.25, 0.3) is 11.7 Å². The Kier molecular flexibility index (Phi) is 8.69. The Morgan fingerprint density at radius 3 is 2.24 bits per heavy atom. The van der Waals surface area contributed by atoms with Gasteiger partial charge in [0.05, 0.1) is 11.6 Å². The molecule has 1 aliphatic heterocycles. The lowest BCUT2D eigenvalue weighted by molar-refractivity contribution is -0.140. The van der Waals surface area contributed by atoms with Gasteiger partial charge >= 0.3 is 0 Å². The maximum Gasteiger partial charge on any atom is 0.295 e. The number of carbonyl (C=O) groups is 2. The fourth-order valence-electron chi connectivity index (χ4n) is 4.94. The first kappa shape index (κ1) is 28.6. The predicted molar refractivity (Wildman–Crippen MR) is 162 cm³/mol. The van der Waals surface area contributed by atoms with Gasteiger partial charge in [-0.2, -0.15) is 0 Å². The molecule has 1 aliphatic rings. The van der Waals surface area contributed by atoms with Crippen molar-refractivity contribution < 1.29 is 24.2 Å². The number of likely N-dealkylation sites (N-methyl/N-ethyl adjacent to an activating group) is 1. The Morgan fingerprint density at radius 2 is 1.52 bits per heavy atom. The van der Waals surface area contributed by atoms with Crippen molar-refractivity contribution in [3.05, 3.63) is 131 Å². The number of benzene rings is 4. The van der Waals surface area contributed by atoms with Crippen LogP contribution in [0.4, 0.5) is 0 Å². The number of Topliss-reactive ketones (excluding diaryl/α,β-unsaturated/α-hetero) is 1. The van der Waals surface area contributed by atoms with Gasteiger partial charge in [0.15, 0.2) is 0 Å². The molecule has 4 aromatic rings. The molecular formula is C35H34N2O5. The highest BCUT2D eigenvalue weighted by atomic mass is 16.5. The molecule has 1 heterocycles. The number of ketones is 1. The van der Waals surface area contributed by atoms with Gasteiger partial charge in [-0.1, -0.05) is 54.6 Å². The topological polar surface area (TPSA) is 79.3 Å². The Hall–Kier alpha value is -4.88. The summed E-state index contributed by atoms with van der Waals surface area (Å²) in [7, 11) is 3.81. The highest BCUT2D eigenvalue weighted by Crippen LogP contribution is 2.40. The van der Waals surface area contributed by atoms with E-state index in [0.29, 0.717) is 48.1 Å². The maximum absolute atomic E-state index is 13.4. The number of nitrogens with zero attached hydrogens (tertiary/aromatic N) is 2. The largest absolute Gasteiger partial charge is 0.507 e. The van der Waals surface area contributed by atoms with E-state index in [1.165, 1.54) is 4.90 Å². The van der Waals surface area contributed by atoms with Crippen LogP contribution in [0.2, 0.25) is 0 Å². The second-order valence-corrected chi connectivity index (χ2v) is 10.5. The van der Waals surface area contributed by atoms with Crippen molar-refractivity contribution in [1.82, 2.24) is 9.80 Å². The summed E-state index contributed by atoms with van der Waals surface area (Å²) in [5.41, 5.74) is 3.36. The fourth-order valence-corrected chi connectivity index (χ4v) is 4.94. The zero-order valence-electron chi connectivity index (χ0n) is 24.0. The lowest BCUT2D eigenvalue weighted by atomic mass is 9.95. The number of aryl methyl sites for hydroxylation is 1. The number of rotatable bonds is 10. The molecule has 0 saturated carbocycles. The zero-order valence-corrected chi connectivity index (χ0v) is 24.0. The second-order valence-electron chi connectivity index (χ2n) is 10.5. The molecule has 0 bridgehead atoms. The normalized spacial score (nSPS) is 16.2. The number of amides is 1. The molecule has 0 spiro atoms. The van der Waals surface area contributed by atoms with Gasteiger partial charge in [-0.05, 0) is 86.2 Å². The SMILES string of the molecule is Cc1ccccc1COc1ccc(C(O)=C2C(=O)C(=O)N(CCN(C)C)C2c2cccc(Oc3ccccc3)c2)cc1. The smallest absolute Gasteiger partial charge is 0.295 e. The first-order chi connectivity index (χ1) is 20.3. The number of hydrogen-bond acceptors (Lipinski definition) is 6. The molecule has 0 aliphatic carbocycles. The minimum atomic E-state index is -0.777. The van der Waals surface area contributed by atoms with E-state index in [1.54, 1.807) is 24.3 Å². The number of hydrogen-bond donors (Lipinski definition) is 1. The van der Waals surface area contributed by atoms with Gasteiger partial charge in [0.1, 0.15) is 29.6 Å². The second kappa shape index (κ2) is 12.7. The minimum absolute atomic E-state index is 0.0456. The lowest BCUT2D eigenvalue weighted by Crippen LogP contribution is -2.35. The molecule has 1 unspecified atom stereocenters. The van der Waals surface area contributed by atoms with Crippen LogP contribution in [-0.4, -0.2) is 53.8 Å². The van der Waals surface area contributed by atoms with Gasteiger partial charge in [0, 0.05) is 18.7 Å². The molecule has 1 amide bonds. The number of carbonyl (C=O) groups excluding carboxylic acids is 2. The molecule has 1 fully saturated rings. The fraction of sp³-hybridized carbons (Fsp3) is 0.200. The molecule has 1 atom stereocenters. The highest BCUT2D eigenvalue weighted by molar-refractivity contribution is 6.46. The van der Waals surface area contributed by atoms with Crippen LogP contribution in [0.25, 0.3) is 5.76 Å². The van der Waals surface area contributed by atoms with Gasteiger partial charge < -0.3 is 24.4 Å². The van der Waals surface area contributed by atoms with Crippen molar-refractivity contribution in [1.29, 1.82) is 0 Å². The van der Waals surface area contributed by atoms with E-state index in [4.69, 9.17) is 9.47 Å². The number of likely N-dealkylation sites (tertiary alicyclic amines) is 1. The Morgan fingerprint density at radius 1 is 0.833 bits per heavy atom. The van der Waals surface area contributed by atoms with E-state index < -0.39 is 17.7 Å². The standard InChI is InChI=1S/C35H34N2O5/c1-24-10-7-8-11-27(24)23-41-28-18-16-25(17-19-28)33(38)31-32(37(21-20-36(2)3)35(40)34(31)39)26-12-9-15-30(22-26)42-29-13-5-4-6-14-29/h4-19,22,32,38H,20-21,23H2,1-3H3. The van der Waals surface area contributed by atoms with E-state index in [9.17, 15) is 14.7 Å². The average Bonchev–Trinajstić information content (AvgIpc) is 3.25. The number of aliphatic hydroxyl groups is 1. The Labute approximate surface area is 246 Å². The van der Waals surface area contributed by atoms with E-state index in [0.717, 1.165) is 11.1 Å². The van der Waals surface area contributed by atoms with Crippen LogP contribution in [-0.2, 0) is 16.2 Å². The van der Waals surface area contributed by atoms with Crippen molar-refractivity contribution in [2.24, 2.45) is 0 Å². The molecule has 214 valence electrons. The predicted octanol–water partition coefficient (Wildman–Crippen LogP) is 6.35. The van der Waals surface area contributed by atoms with Gasteiger partial charge in [0.2, 0.25) is 0 Å². The van der Waals surface area contributed by atoms with Gasteiger partial charge in [-0.25, -0.2) is 0 Å².